The molecular formula is C17H15N3O. The standard InChI is InChI=1S/C17H15N3O/c18-17(21)16(14-6-3-8-19-10-14)12-20-9-7-13-4-1-2-5-15(13)11-20/h1-10,12H,11H2,(H2,18,21). The van der Waals surface area contributed by atoms with Crippen LogP contribution in [0.2, 0.25) is 0 Å². The van der Waals surface area contributed by atoms with Crippen molar-refractivity contribution < 1.29 is 4.79 Å². The lowest BCUT2D eigenvalue weighted by molar-refractivity contribution is -0.112. The summed E-state index contributed by atoms with van der Waals surface area (Å²) in [4.78, 5) is 17.7. The number of fused-ring (bicyclic) bond motifs is 1. The summed E-state index contributed by atoms with van der Waals surface area (Å²) in [5, 5.41) is 0. The molecule has 2 aromatic rings. The fourth-order valence-corrected chi connectivity index (χ4v) is 2.32. The molecule has 0 saturated carbocycles. The van der Waals surface area contributed by atoms with Crippen LogP contribution in [0.5, 0.6) is 0 Å². The van der Waals surface area contributed by atoms with Gasteiger partial charge in [-0.1, -0.05) is 30.3 Å². The molecule has 21 heavy (non-hydrogen) atoms. The Labute approximate surface area is 123 Å². The Balaban J connectivity index is 1.92. The molecule has 1 amide bonds. The molecule has 1 aliphatic heterocycles. The predicted octanol–water partition coefficient (Wildman–Crippen LogP) is 2.39. The average molecular weight is 277 g/mol. The first-order chi connectivity index (χ1) is 10.2. The SMILES string of the molecule is NC(=O)C(=CN1C=Cc2ccccc2C1)c1cccnc1. The summed E-state index contributed by atoms with van der Waals surface area (Å²) in [5.74, 6) is -0.463. The van der Waals surface area contributed by atoms with Gasteiger partial charge in [-0.25, -0.2) is 0 Å². The van der Waals surface area contributed by atoms with Gasteiger partial charge in [0, 0.05) is 36.9 Å². The fourth-order valence-electron chi connectivity index (χ4n) is 2.32. The first kappa shape index (κ1) is 13.1. The van der Waals surface area contributed by atoms with Crippen molar-refractivity contribution in [3.63, 3.8) is 0 Å². The number of nitrogens with two attached hydrogens (primary N) is 1. The molecule has 0 atom stereocenters. The van der Waals surface area contributed by atoms with Crippen LogP contribution < -0.4 is 5.73 Å². The molecule has 1 aromatic carbocycles. The first-order valence-corrected chi connectivity index (χ1v) is 6.68. The van der Waals surface area contributed by atoms with Gasteiger partial charge in [0.05, 0.1) is 5.57 Å². The van der Waals surface area contributed by atoms with Crippen LogP contribution in [-0.4, -0.2) is 15.8 Å². The van der Waals surface area contributed by atoms with Crippen LogP contribution in [0.3, 0.4) is 0 Å². The van der Waals surface area contributed by atoms with Crippen LogP contribution in [0.25, 0.3) is 11.6 Å². The molecule has 2 N–H and O–H groups in total. The number of carbonyl (C=O) groups excluding carboxylic acids is 1. The zero-order valence-corrected chi connectivity index (χ0v) is 11.4. The second-order valence-corrected chi connectivity index (χ2v) is 4.84. The van der Waals surface area contributed by atoms with E-state index in [1.807, 2.05) is 35.4 Å². The number of hydrogen-bond donors (Lipinski definition) is 1. The molecule has 0 fully saturated rings. The summed E-state index contributed by atoms with van der Waals surface area (Å²) in [7, 11) is 0. The molecule has 1 aliphatic rings. The molecule has 4 nitrogen and oxygen atoms in total. The molecule has 3 rings (SSSR count). The predicted molar refractivity (Wildman–Crippen MR) is 82.4 cm³/mol. The molecule has 0 saturated heterocycles. The van der Waals surface area contributed by atoms with Gasteiger partial charge in [0.25, 0.3) is 5.91 Å². The minimum Gasteiger partial charge on any atom is -0.366 e. The van der Waals surface area contributed by atoms with Gasteiger partial charge in [-0.2, -0.15) is 0 Å². The molecule has 104 valence electrons. The van der Waals surface area contributed by atoms with Crippen LogP contribution >= 0.6 is 0 Å². The van der Waals surface area contributed by atoms with E-state index < -0.39 is 5.91 Å². The lowest BCUT2D eigenvalue weighted by Crippen LogP contribution is -2.19. The Kier molecular flexibility index (Phi) is 3.51. The van der Waals surface area contributed by atoms with E-state index >= 15 is 0 Å². The molecule has 0 unspecified atom stereocenters. The minimum atomic E-state index is -0.463. The highest BCUT2D eigenvalue weighted by Gasteiger charge is 2.13. The number of carbonyl (C=O) groups is 1. The normalized spacial score (nSPS) is 13.9. The maximum atomic E-state index is 11.7. The zero-order chi connectivity index (χ0) is 14.7. The third-order valence-electron chi connectivity index (χ3n) is 3.39. The summed E-state index contributed by atoms with van der Waals surface area (Å²) in [6.45, 7) is 0.712. The molecule has 0 bridgehead atoms. The highest BCUT2D eigenvalue weighted by Crippen LogP contribution is 2.22. The van der Waals surface area contributed by atoms with E-state index in [0.29, 0.717) is 12.1 Å². The van der Waals surface area contributed by atoms with Crippen molar-refractivity contribution in [1.29, 1.82) is 0 Å². The summed E-state index contributed by atoms with van der Waals surface area (Å²) >= 11 is 0. The highest BCUT2D eigenvalue weighted by molar-refractivity contribution is 6.18. The van der Waals surface area contributed by atoms with Crippen molar-refractivity contribution in [3.8, 4) is 0 Å². The number of rotatable bonds is 3. The average Bonchev–Trinajstić information content (AvgIpc) is 2.53. The number of primary amides is 1. The van der Waals surface area contributed by atoms with Crippen LogP contribution in [0.4, 0.5) is 0 Å². The molecule has 0 radical (unpaired) electrons. The van der Waals surface area contributed by atoms with Crippen molar-refractivity contribution in [2.75, 3.05) is 0 Å². The van der Waals surface area contributed by atoms with Crippen molar-refractivity contribution in [1.82, 2.24) is 9.88 Å². The smallest absolute Gasteiger partial charge is 0.250 e. The lowest BCUT2D eigenvalue weighted by atomic mass is 10.0. The van der Waals surface area contributed by atoms with E-state index in [2.05, 4.69) is 17.1 Å². The monoisotopic (exact) mass is 277 g/mol. The number of nitrogens with zero attached hydrogens (tertiary/aromatic N) is 2. The van der Waals surface area contributed by atoms with Gasteiger partial charge in [0.1, 0.15) is 0 Å². The van der Waals surface area contributed by atoms with Crippen LogP contribution in [0.1, 0.15) is 16.7 Å². The van der Waals surface area contributed by atoms with Crippen LogP contribution in [-0.2, 0) is 11.3 Å². The van der Waals surface area contributed by atoms with E-state index in [1.54, 1.807) is 24.7 Å². The van der Waals surface area contributed by atoms with E-state index in [0.717, 1.165) is 5.56 Å². The van der Waals surface area contributed by atoms with E-state index in [9.17, 15) is 4.79 Å². The van der Waals surface area contributed by atoms with Gasteiger partial charge in [-0.3, -0.25) is 9.78 Å². The molecule has 4 heteroatoms. The van der Waals surface area contributed by atoms with E-state index in [1.165, 1.54) is 11.1 Å². The molecular weight excluding hydrogens is 262 g/mol. The third-order valence-corrected chi connectivity index (χ3v) is 3.39. The van der Waals surface area contributed by atoms with Crippen molar-refractivity contribution in [2.45, 2.75) is 6.54 Å². The van der Waals surface area contributed by atoms with Gasteiger partial charge >= 0.3 is 0 Å². The Morgan fingerprint density at radius 3 is 2.86 bits per heavy atom. The summed E-state index contributed by atoms with van der Waals surface area (Å²) in [6, 6.07) is 11.8. The summed E-state index contributed by atoms with van der Waals surface area (Å²) < 4.78 is 0. The number of benzene rings is 1. The quantitative estimate of drug-likeness (QED) is 0.876. The third kappa shape index (κ3) is 2.84. The first-order valence-electron chi connectivity index (χ1n) is 6.68. The van der Waals surface area contributed by atoms with Gasteiger partial charge < -0.3 is 10.6 Å². The van der Waals surface area contributed by atoms with E-state index in [-0.39, 0.29) is 0 Å². The number of aromatic nitrogens is 1. The fraction of sp³-hybridized carbons (Fsp3) is 0.0588. The Hall–Kier alpha value is -2.88. The molecule has 1 aromatic heterocycles. The van der Waals surface area contributed by atoms with Gasteiger partial charge in [0.2, 0.25) is 0 Å². The van der Waals surface area contributed by atoms with Crippen molar-refractivity contribution >= 4 is 17.6 Å². The largest absolute Gasteiger partial charge is 0.366 e. The Morgan fingerprint density at radius 1 is 1.24 bits per heavy atom. The highest BCUT2D eigenvalue weighted by atomic mass is 16.1. The second kappa shape index (κ2) is 5.63. The Bertz CT molecular complexity index is 720. The summed E-state index contributed by atoms with van der Waals surface area (Å²) in [6.07, 6.45) is 9.04. The summed E-state index contributed by atoms with van der Waals surface area (Å²) in [5.41, 5.74) is 9.08. The zero-order valence-electron chi connectivity index (χ0n) is 11.4. The second-order valence-electron chi connectivity index (χ2n) is 4.84. The van der Waals surface area contributed by atoms with Crippen LogP contribution in [0, 0.1) is 0 Å². The topological polar surface area (TPSA) is 59.2 Å². The van der Waals surface area contributed by atoms with Gasteiger partial charge in [-0.15, -0.1) is 0 Å². The van der Waals surface area contributed by atoms with Crippen molar-refractivity contribution in [2.24, 2.45) is 5.73 Å². The maximum absolute atomic E-state index is 11.7. The Morgan fingerprint density at radius 2 is 2.10 bits per heavy atom. The molecule has 0 aliphatic carbocycles. The lowest BCUT2D eigenvalue weighted by Gasteiger charge is -2.22. The van der Waals surface area contributed by atoms with E-state index in [4.69, 9.17) is 5.73 Å². The molecule has 0 spiro atoms. The minimum absolute atomic E-state index is 0.451. The molecule has 2 heterocycles. The number of hydrogen-bond acceptors (Lipinski definition) is 3. The van der Waals surface area contributed by atoms with Gasteiger partial charge in [-0.05, 0) is 23.3 Å². The van der Waals surface area contributed by atoms with Crippen LogP contribution in [0.15, 0.2) is 61.2 Å². The van der Waals surface area contributed by atoms with Crippen molar-refractivity contribution in [3.05, 3.63) is 77.9 Å². The maximum Gasteiger partial charge on any atom is 0.250 e. The number of amides is 1. The number of pyridine rings is 1. The van der Waals surface area contributed by atoms with Gasteiger partial charge in [0.15, 0.2) is 0 Å².